The average Bonchev–Trinajstić information content (AvgIpc) is 2.84. The lowest BCUT2D eigenvalue weighted by atomic mass is 9.92. The number of fused-ring (bicyclic) bond motifs is 1. The van der Waals surface area contributed by atoms with Crippen molar-refractivity contribution in [2.75, 3.05) is 13.1 Å². The van der Waals surface area contributed by atoms with Gasteiger partial charge in [0.15, 0.2) is 5.69 Å². The zero-order valence-corrected chi connectivity index (χ0v) is 12.5. The van der Waals surface area contributed by atoms with Crippen LogP contribution >= 0.6 is 0 Å². The van der Waals surface area contributed by atoms with Crippen molar-refractivity contribution in [1.29, 1.82) is 0 Å². The lowest BCUT2D eigenvalue weighted by Crippen LogP contribution is -2.41. The molecule has 1 unspecified atom stereocenters. The molecule has 2 aromatic rings. The number of rotatable bonds is 2. The highest BCUT2D eigenvalue weighted by molar-refractivity contribution is 6.04. The van der Waals surface area contributed by atoms with E-state index in [4.69, 9.17) is 0 Å². The van der Waals surface area contributed by atoms with Crippen LogP contribution in [0.15, 0.2) is 24.3 Å². The van der Waals surface area contributed by atoms with E-state index >= 15 is 0 Å². The molecule has 1 aliphatic heterocycles. The van der Waals surface area contributed by atoms with E-state index in [9.17, 15) is 9.90 Å². The van der Waals surface area contributed by atoms with Gasteiger partial charge in [0.1, 0.15) is 0 Å². The van der Waals surface area contributed by atoms with Gasteiger partial charge in [0.05, 0.1) is 11.6 Å². The molecule has 1 amide bonds. The minimum Gasteiger partial charge on any atom is -0.393 e. The van der Waals surface area contributed by atoms with Gasteiger partial charge in [-0.25, -0.2) is 0 Å². The molecular formula is C16H21N3O2. The van der Waals surface area contributed by atoms with Crippen molar-refractivity contribution in [3.8, 4) is 0 Å². The first-order valence-electron chi connectivity index (χ1n) is 7.47. The summed E-state index contributed by atoms with van der Waals surface area (Å²) < 4.78 is 1.76. The third kappa shape index (κ3) is 2.53. The fraction of sp³-hybridized carbons (Fsp3) is 0.500. The largest absolute Gasteiger partial charge is 0.393 e. The number of aliphatic hydroxyl groups is 1. The standard InChI is InChI=1S/C16H21N3O2/c1-11(20)12-7-9-19(10-8-12)16(21)15-13-5-3-4-6-14(13)18(2)17-15/h3-6,11-12,20H,7-10H2,1-2H3. The van der Waals surface area contributed by atoms with Gasteiger partial charge in [-0.1, -0.05) is 18.2 Å². The van der Waals surface area contributed by atoms with Crippen LogP contribution in [0.5, 0.6) is 0 Å². The van der Waals surface area contributed by atoms with Gasteiger partial charge in [-0.05, 0) is 31.7 Å². The molecule has 0 radical (unpaired) electrons. The fourth-order valence-corrected chi connectivity index (χ4v) is 3.11. The molecule has 2 heterocycles. The Labute approximate surface area is 124 Å². The van der Waals surface area contributed by atoms with Crippen molar-refractivity contribution in [2.24, 2.45) is 13.0 Å². The Kier molecular flexibility index (Phi) is 3.68. The van der Waals surface area contributed by atoms with Crippen molar-refractivity contribution >= 4 is 16.8 Å². The second kappa shape index (κ2) is 5.48. The summed E-state index contributed by atoms with van der Waals surface area (Å²) >= 11 is 0. The Bertz CT molecular complexity index is 655. The van der Waals surface area contributed by atoms with Gasteiger partial charge in [0.2, 0.25) is 0 Å². The summed E-state index contributed by atoms with van der Waals surface area (Å²) in [5, 5.41) is 14.9. The molecule has 0 spiro atoms. The zero-order valence-electron chi connectivity index (χ0n) is 12.5. The predicted molar refractivity (Wildman–Crippen MR) is 81.0 cm³/mol. The van der Waals surface area contributed by atoms with Crippen LogP contribution in [-0.2, 0) is 7.05 Å². The molecule has 3 rings (SSSR count). The Morgan fingerprint density at radius 2 is 2.00 bits per heavy atom. The molecule has 0 saturated carbocycles. The molecule has 1 aliphatic rings. The van der Waals surface area contributed by atoms with Gasteiger partial charge >= 0.3 is 0 Å². The van der Waals surface area contributed by atoms with Crippen LogP contribution in [0.2, 0.25) is 0 Å². The highest BCUT2D eigenvalue weighted by atomic mass is 16.3. The van der Waals surface area contributed by atoms with Gasteiger partial charge in [-0.3, -0.25) is 9.48 Å². The number of amides is 1. The summed E-state index contributed by atoms with van der Waals surface area (Å²) in [7, 11) is 1.86. The highest BCUT2D eigenvalue weighted by Gasteiger charge is 2.28. The van der Waals surface area contributed by atoms with E-state index in [2.05, 4.69) is 5.10 Å². The van der Waals surface area contributed by atoms with Gasteiger partial charge < -0.3 is 10.0 Å². The minimum atomic E-state index is -0.294. The first kappa shape index (κ1) is 14.1. The SMILES string of the molecule is CC(O)C1CCN(C(=O)c2nn(C)c3ccccc23)CC1. The molecule has 0 aliphatic carbocycles. The van der Waals surface area contributed by atoms with Crippen molar-refractivity contribution in [3.05, 3.63) is 30.0 Å². The number of piperidine rings is 1. The molecule has 1 N–H and O–H groups in total. The third-order valence-electron chi connectivity index (χ3n) is 4.47. The van der Waals surface area contributed by atoms with Crippen molar-refractivity contribution < 1.29 is 9.90 Å². The smallest absolute Gasteiger partial charge is 0.275 e. The van der Waals surface area contributed by atoms with Crippen LogP contribution in [0.3, 0.4) is 0 Å². The summed E-state index contributed by atoms with van der Waals surface area (Å²) in [4.78, 5) is 14.5. The average molecular weight is 287 g/mol. The molecule has 5 nitrogen and oxygen atoms in total. The first-order valence-corrected chi connectivity index (χ1v) is 7.47. The van der Waals surface area contributed by atoms with E-state index in [1.165, 1.54) is 0 Å². The Morgan fingerprint density at radius 1 is 1.33 bits per heavy atom. The molecule has 1 atom stereocenters. The third-order valence-corrected chi connectivity index (χ3v) is 4.47. The monoisotopic (exact) mass is 287 g/mol. The quantitative estimate of drug-likeness (QED) is 0.916. The summed E-state index contributed by atoms with van der Waals surface area (Å²) in [5.74, 6) is 0.297. The number of aromatic nitrogens is 2. The van der Waals surface area contributed by atoms with Gasteiger partial charge in [0, 0.05) is 25.5 Å². The molecule has 1 fully saturated rings. The number of carbonyl (C=O) groups excluding carboxylic acids is 1. The molecule has 21 heavy (non-hydrogen) atoms. The number of carbonyl (C=O) groups is 1. The first-order chi connectivity index (χ1) is 10.1. The number of hydrogen-bond donors (Lipinski definition) is 1. The van der Waals surface area contributed by atoms with Crippen LogP contribution < -0.4 is 0 Å². The molecular weight excluding hydrogens is 266 g/mol. The van der Waals surface area contributed by atoms with Gasteiger partial charge in [0.25, 0.3) is 5.91 Å². The molecule has 5 heteroatoms. The highest BCUT2D eigenvalue weighted by Crippen LogP contribution is 2.24. The predicted octanol–water partition coefficient (Wildman–Crippen LogP) is 1.81. The molecule has 1 saturated heterocycles. The molecule has 112 valence electrons. The Morgan fingerprint density at radius 3 is 2.67 bits per heavy atom. The molecule has 0 bridgehead atoms. The Hall–Kier alpha value is -1.88. The lowest BCUT2D eigenvalue weighted by Gasteiger charge is -2.32. The summed E-state index contributed by atoms with van der Waals surface area (Å²) in [6, 6.07) is 7.80. The summed E-state index contributed by atoms with van der Waals surface area (Å²) in [5.41, 5.74) is 1.50. The second-order valence-corrected chi connectivity index (χ2v) is 5.86. The molecule has 1 aromatic heterocycles. The van der Waals surface area contributed by atoms with Crippen LogP contribution in [0.4, 0.5) is 0 Å². The van der Waals surface area contributed by atoms with Crippen LogP contribution in [0.1, 0.15) is 30.3 Å². The van der Waals surface area contributed by atoms with Crippen molar-refractivity contribution in [1.82, 2.24) is 14.7 Å². The van der Waals surface area contributed by atoms with E-state index in [1.807, 2.05) is 43.1 Å². The van der Waals surface area contributed by atoms with Gasteiger partial charge in [-0.15, -0.1) is 0 Å². The number of aryl methyl sites for hydroxylation is 1. The van der Waals surface area contributed by atoms with Crippen LogP contribution in [-0.4, -0.2) is 44.9 Å². The lowest BCUT2D eigenvalue weighted by molar-refractivity contribution is 0.0518. The Balaban J connectivity index is 1.82. The van der Waals surface area contributed by atoms with E-state index in [-0.39, 0.29) is 12.0 Å². The zero-order chi connectivity index (χ0) is 15.0. The summed E-state index contributed by atoms with van der Waals surface area (Å²) in [6.07, 6.45) is 1.42. The van der Waals surface area contributed by atoms with E-state index < -0.39 is 0 Å². The van der Waals surface area contributed by atoms with E-state index in [1.54, 1.807) is 4.68 Å². The van der Waals surface area contributed by atoms with Crippen LogP contribution in [0, 0.1) is 5.92 Å². The summed E-state index contributed by atoms with van der Waals surface area (Å²) in [6.45, 7) is 3.22. The maximum absolute atomic E-state index is 12.7. The number of nitrogens with zero attached hydrogens (tertiary/aromatic N) is 3. The number of likely N-dealkylation sites (tertiary alicyclic amines) is 1. The number of hydrogen-bond acceptors (Lipinski definition) is 3. The van der Waals surface area contributed by atoms with E-state index in [0.29, 0.717) is 24.7 Å². The van der Waals surface area contributed by atoms with E-state index in [0.717, 1.165) is 23.7 Å². The van der Waals surface area contributed by atoms with Crippen molar-refractivity contribution in [2.45, 2.75) is 25.9 Å². The fourth-order valence-electron chi connectivity index (χ4n) is 3.11. The maximum atomic E-state index is 12.7. The van der Waals surface area contributed by atoms with Crippen LogP contribution in [0.25, 0.3) is 10.9 Å². The maximum Gasteiger partial charge on any atom is 0.275 e. The van der Waals surface area contributed by atoms with Gasteiger partial charge in [-0.2, -0.15) is 5.10 Å². The number of benzene rings is 1. The normalized spacial score (nSPS) is 18.1. The second-order valence-electron chi connectivity index (χ2n) is 5.86. The number of para-hydroxylation sites is 1. The topological polar surface area (TPSA) is 58.4 Å². The minimum absolute atomic E-state index is 0.00385. The van der Waals surface area contributed by atoms with Crippen molar-refractivity contribution in [3.63, 3.8) is 0 Å². The number of aliphatic hydroxyl groups excluding tert-OH is 1. The molecule has 1 aromatic carbocycles.